The lowest BCUT2D eigenvalue weighted by molar-refractivity contribution is 0.611. The summed E-state index contributed by atoms with van der Waals surface area (Å²) >= 11 is 0. The van der Waals surface area contributed by atoms with Gasteiger partial charge >= 0.3 is 0 Å². The molecule has 2 aromatic heterocycles. The Labute approximate surface area is 105 Å². The summed E-state index contributed by atoms with van der Waals surface area (Å²) in [6.45, 7) is 2.77. The zero-order valence-electron chi connectivity index (χ0n) is 10.2. The highest BCUT2D eigenvalue weighted by Gasteiger charge is 2.04. The average molecular weight is 238 g/mol. The molecule has 3 rings (SSSR count). The maximum atomic E-state index is 5.51. The first-order chi connectivity index (χ1) is 8.83. The summed E-state index contributed by atoms with van der Waals surface area (Å²) in [5.41, 5.74) is 4.26. The van der Waals surface area contributed by atoms with E-state index in [-0.39, 0.29) is 0 Å². The van der Waals surface area contributed by atoms with Crippen molar-refractivity contribution in [2.24, 2.45) is 0 Å². The van der Waals surface area contributed by atoms with Crippen molar-refractivity contribution >= 4 is 16.7 Å². The first kappa shape index (κ1) is 10.8. The molecule has 0 saturated carbocycles. The molecule has 1 N–H and O–H groups in total. The molecule has 0 aliphatic rings. The van der Waals surface area contributed by atoms with E-state index in [1.54, 1.807) is 6.26 Å². The fourth-order valence-corrected chi connectivity index (χ4v) is 2.02. The van der Waals surface area contributed by atoms with Crippen LogP contribution in [0.4, 0.5) is 5.69 Å². The number of rotatable bonds is 3. The molecule has 3 heteroatoms. The second kappa shape index (κ2) is 4.53. The van der Waals surface area contributed by atoms with Gasteiger partial charge in [-0.25, -0.2) is 0 Å². The van der Waals surface area contributed by atoms with Crippen LogP contribution in [0.25, 0.3) is 11.0 Å². The van der Waals surface area contributed by atoms with Gasteiger partial charge in [-0.1, -0.05) is 18.2 Å². The maximum absolute atomic E-state index is 5.51. The molecule has 0 aliphatic heterocycles. The third-order valence-electron chi connectivity index (χ3n) is 2.92. The van der Waals surface area contributed by atoms with E-state index in [0.717, 1.165) is 34.3 Å². The monoisotopic (exact) mass is 238 g/mol. The maximum Gasteiger partial charge on any atom is 0.134 e. The van der Waals surface area contributed by atoms with Crippen LogP contribution < -0.4 is 5.32 Å². The number of para-hydroxylation sites is 1. The third-order valence-corrected chi connectivity index (χ3v) is 2.92. The van der Waals surface area contributed by atoms with Crippen molar-refractivity contribution in [1.29, 1.82) is 0 Å². The minimum atomic E-state index is 0.738. The third kappa shape index (κ3) is 2.07. The predicted octanol–water partition coefficient (Wildman–Crippen LogP) is 3.75. The molecule has 0 radical (unpaired) electrons. The Kier molecular flexibility index (Phi) is 2.73. The molecule has 1 aromatic carbocycles. The molecule has 0 amide bonds. The summed E-state index contributed by atoms with van der Waals surface area (Å²) in [5, 5.41) is 4.52. The van der Waals surface area contributed by atoms with Crippen molar-refractivity contribution in [2.75, 3.05) is 5.32 Å². The highest BCUT2D eigenvalue weighted by Crippen LogP contribution is 2.21. The van der Waals surface area contributed by atoms with Crippen LogP contribution in [0, 0.1) is 6.92 Å². The van der Waals surface area contributed by atoms with E-state index in [1.165, 1.54) is 0 Å². The number of pyridine rings is 1. The Morgan fingerprint density at radius 3 is 3.00 bits per heavy atom. The van der Waals surface area contributed by atoms with Crippen molar-refractivity contribution in [3.05, 3.63) is 60.1 Å². The number of aromatic nitrogens is 1. The Morgan fingerprint density at radius 1 is 1.22 bits per heavy atom. The van der Waals surface area contributed by atoms with Crippen molar-refractivity contribution in [1.82, 2.24) is 4.98 Å². The number of anilines is 1. The van der Waals surface area contributed by atoms with E-state index >= 15 is 0 Å². The summed E-state index contributed by atoms with van der Waals surface area (Å²) in [4.78, 5) is 4.16. The van der Waals surface area contributed by atoms with E-state index < -0.39 is 0 Å². The number of hydrogen-bond acceptors (Lipinski definition) is 3. The van der Waals surface area contributed by atoms with Gasteiger partial charge < -0.3 is 9.73 Å². The topological polar surface area (TPSA) is 38.1 Å². The van der Waals surface area contributed by atoms with Gasteiger partial charge in [0.1, 0.15) is 5.58 Å². The second-order valence-corrected chi connectivity index (χ2v) is 4.36. The van der Waals surface area contributed by atoms with E-state index in [1.807, 2.05) is 37.5 Å². The minimum Gasteiger partial charge on any atom is -0.464 e. The smallest absolute Gasteiger partial charge is 0.134 e. The molecule has 0 spiro atoms. The molecule has 0 bridgehead atoms. The summed E-state index contributed by atoms with van der Waals surface area (Å²) in [5.74, 6) is 0. The van der Waals surface area contributed by atoms with Crippen LogP contribution in [0.2, 0.25) is 0 Å². The molecule has 0 saturated heterocycles. The van der Waals surface area contributed by atoms with Gasteiger partial charge in [-0.2, -0.15) is 0 Å². The van der Waals surface area contributed by atoms with Crippen LogP contribution in [-0.2, 0) is 6.54 Å². The van der Waals surface area contributed by atoms with E-state index in [2.05, 4.69) is 22.4 Å². The number of nitrogens with one attached hydrogen (secondary N) is 1. The zero-order valence-corrected chi connectivity index (χ0v) is 10.2. The van der Waals surface area contributed by atoms with Crippen LogP contribution in [0.5, 0.6) is 0 Å². The molecule has 0 atom stereocenters. The minimum absolute atomic E-state index is 0.738. The van der Waals surface area contributed by atoms with Crippen molar-refractivity contribution in [3.8, 4) is 0 Å². The summed E-state index contributed by atoms with van der Waals surface area (Å²) < 4.78 is 5.51. The first-order valence-electron chi connectivity index (χ1n) is 5.93. The molecular weight excluding hydrogens is 224 g/mol. The van der Waals surface area contributed by atoms with Crippen LogP contribution in [-0.4, -0.2) is 4.98 Å². The fraction of sp³-hybridized carbons (Fsp3) is 0.133. The normalized spacial score (nSPS) is 10.7. The highest BCUT2D eigenvalue weighted by molar-refractivity contribution is 5.81. The summed E-state index contributed by atoms with van der Waals surface area (Å²) in [7, 11) is 0. The number of furan rings is 1. The molecule has 2 heterocycles. The van der Waals surface area contributed by atoms with Gasteiger partial charge in [-0.3, -0.25) is 4.98 Å². The summed E-state index contributed by atoms with van der Waals surface area (Å²) in [6, 6.07) is 10.1. The quantitative estimate of drug-likeness (QED) is 0.755. The van der Waals surface area contributed by atoms with Crippen LogP contribution in [0.1, 0.15) is 11.1 Å². The van der Waals surface area contributed by atoms with Gasteiger partial charge in [0.2, 0.25) is 0 Å². The lowest BCUT2D eigenvalue weighted by Crippen LogP contribution is -1.99. The van der Waals surface area contributed by atoms with Gasteiger partial charge in [0.25, 0.3) is 0 Å². The Morgan fingerprint density at radius 2 is 2.11 bits per heavy atom. The largest absolute Gasteiger partial charge is 0.464 e. The molecule has 0 unspecified atom stereocenters. The van der Waals surface area contributed by atoms with E-state index in [0.29, 0.717) is 0 Å². The lowest BCUT2D eigenvalue weighted by atomic mass is 10.2. The molecule has 0 aliphatic carbocycles. The van der Waals surface area contributed by atoms with Crippen LogP contribution in [0.3, 0.4) is 0 Å². The molecule has 0 fully saturated rings. The van der Waals surface area contributed by atoms with Gasteiger partial charge in [0.15, 0.2) is 0 Å². The van der Waals surface area contributed by atoms with Crippen molar-refractivity contribution in [2.45, 2.75) is 13.5 Å². The number of nitrogens with zero attached hydrogens (tertiary/aromatic N) is 1. The van der Waals surface area contributed by atoms with Crippen molar-refractivity contribution in [3.63, 3.8) is 0 Å². The SMILES string of the molecule is Cc1cncc(NCc2coc3ccccc23)c1. The fourth-order valence-electron chi connectivity index (χ4n) is 2.02. The first-order valence-corrected chi connectivity index (χ1v) is 5.93. The molecule has 3 aromatic rings. The lowest BCUT2D eigenvalue weighted by Gasteiger charge is -2.05. The van der Waals surface area contributed by atoms with E-state index in [4.69, 9.17) is 4.42 Å². The van der Waals surface area contributed by atoms with E-state index in [9.17, 15) is 0 Å². The number of fused-ring (bicyclic) bond motifs is 1. The average Bonchev–Trinajstić information content (AvgIpc) is 2.80. The van der Waals surface area contributed by atoms with Crippen LogP contribution >= 0.6 is 0 Å². The van der Waals surface area contributed by atoms with Crippen molar-refractivity contribution < 1.29 is 4.42 Å². The highest BCUT2D eigenvalue weighted by atomic mass is 16.3. The summed E-state index contributed by atoms with van der Waals surface area (Å²) in [6.07, 6.45) is 5.48. The van der Waals surface area contributed by atoms with Crippen LogP contribution in [0.15, 0.2) is 53.4 Å². The Bertz CT molecular complexity index is 673. The number of benzene rings is 1. The molecule has 90 valence electrons. The second-order valence-electron chi connectivity index (χ2n) is 4.36. The van der Waals surface area contributed by atoms with Gasteiger partial charge in [-0.15, -0.1) is 0 Å². The van der Waals surface area contributed by atoms with Gasteiger partial charge in [-0.05, 0) is 24.6 Å². The van der Waals surface area contributed by atoms with Gasteiger partial charge in [0, 0.05) is 29.9 Å². The van der Waals surface area contributed by atoms with Gasteiger partial charge in [0.05, 0.1) is 12.0 Å². The molecule has 3 nitrogen and oxygen atoms in total. The zero-order chi connectivity index (χ0) is 12.4. The Hall–Kier alpha value is -2.29. The predicted molar refractivity (Wildman–Crippen MR) is 72.5 cm³/mol. The molecular formula is C15H14N2O. The number of aryl methyl sites for hydroxylation is 1. The Balaban J connectivity index is 1.81. The number of hydrogen-bond donors (Lipinski definition) is 1. The standard InChI is InChI=1S/C15H14N2O/c1-11-6-13(9-16-7-11)17-8-12-10-18-15-5-3-2-4-14(12)15/h2-7,9-10,17H,8H2,1H3. The molecule has 18 heavy (non-hydrogen) atoms.